The molecule has 2 aromatic carbocycles. The minimum Gasteiger partial charge on any atom is -0.326 e. The van der Waals surface area contributed by atoms with Gasteiger partial charge in [0.05, 0.1) is 0 Å². The van der Waals surface area contributed by atoms with Gasteiger partial charge < -0.3 is 5.73 Å². The molecule has 2 N–H and O–H groups in total. The molecule has 0 saturated heterocycles. The number of hydrogen-bond donors (Lipinski definition) is 1. The maximum Gasteiger partial charge on any atom is 0.126 e. The fraction of sp³-hybridized carbons (Fsp3) is 0.143. The third-order valence-corrected chi connectivity index (χ3v) is 3.20. The molecule has 0 heterocycles. The molecule has 0 aliphatic carbocycles. The van der Waals surface area contributed by atoms with Crippen molar-refractivity contribution in [1.29, 1.82) is 0 Å². The molecule has 0 aliphatic heterocycles. The predicted octanol–water partition coefficient (Wildman–Crippen LogP) is 3.91. The van der Waals surface area contributed by atoms with Crippen molar-refractivity contribution in [3.8, 4) is 11.1 Å². The highest BCUT2D eigenvalue weighted by Crippen LogP contribution is 2.28. The third kappa shape index (κ3) is 2.33. The predicted molar refractivity (Wildman–Crippen MR) is 69.5 cm³/mol. The Morgan fingerprint density at radius 2 is 2.00 bits per heavy atom. The molecule has 0 spiro atoms. The summed E-state index contributed by atoms with van der Waals surface area (Å²) >= 11 is 6.10. The molecule has 0 aromatic heterocycles. The second-order valence-electron chi connectivity index (χ2n) is 3.92. The average Bonchev–Trinajstić information content (AvgIpc) is 2.32. The second kappa shape index (κ2) is 4.86. The largest absolute Gasteiger partial charge is 0.326 e. The Morgan fingerprint density at radius 1 is 1.24 bits per heavy atom. The molecule has 0 unspecified atom stereocenters. The summed E-state index contributed by atoms with van der Waals surface area (Å²) in [6, 6.07) is 10.6. The quantitative estimate of drug-likeness (QED) is 0.858. The normalized spacial score (nSPS) is 10.6. The van der Waals surface area contributed by atoms with Crippen LogP contribution in [0, 0.1) is 12.7 Å². The van der Waals surface area contributed by atoms with E-state index >= 15 is 0 Å². The maximum absolute atomic E-state index is 13.5. The van der Waals surface area contributed by atoms with Crippen LogP contribution in [0.4, 0.5) is 4.39 Å². The topological polar surface area (TPSA) is 26.0 Å². The van der Waals surface area contributed by atoms with E-state index in [1.165, 1.54) is 6.07 Å². The molecule has 88 valence electrons. The van der Waals surface area contributed by atoms with Gasteiger partial charge in [-0.3, -0.25) is 0 Å². The van der Waals surface area contributed by atoms with Crippen LogP contribution in [0.25, 0.3) is 11.1 Å². The van der Waals surface area contributed by atoms with Gasteiger partial charge in [-0.2, -0.15) is 0 Å². The van der Waals surface area contributed by atoms with Crippen LogP contribution in [0.3, 0.4) is 0 Å². The van der Waals surface area contributed by atoms with Crippen LogP contribution in [-0.2, 0) is 6.54 Å². The van der Waals surface area contributed by atoms with E-state index in [9.17, 15) is 4.39 Å². The van der Waals surface area contributed by atoms with Crippen molar-refractivity contribution in [2.24, 2.45) is 5.73 Å². The fourth-order valence-electron chi connectivity index (χ4n) is 1.80. The molecule has 0 amide bonds. The van der Waals surface area contributed by atoms with Gasteiger partial charge in [-0.05, 0) is 41.3 Å². The molecule has 2 aromatic rings. The lowest BCUT2D eigenvalue weighted by molar-refractivity contribution is 0.619. The van der Waals surface area contributed by atoms with Crippen LogP contribution in [-0.4, -0.2) is 0 Å². The molecule has 1 nitrogen and oxygen atoms in total. The summed E-state index contributed by atoms with van der Waals surface area (Å²) in [6.07, 6.45) is 0. The fourth-order valence-corrected chi connectivity index (χ4v) is 2.06. The second-order valence-corrected chi connectivity index (χ2v) is 4.33. The zero-order valence-corrected chi connectivity index (χ0v) is 10.3. The van der Waals surface area contributed by atoms with Crippen LogP contribution < -0.4 is 5.73 Å². The Bertz CT molecular complexity index is 552. The van der Waals surface area contributed by atoms with Crippen molar-refractivity contribution >= 4 is 11.6 Å². The van der Waals surface area contributed by atoms with E-state index < -0.39 is 0 Å². The van der Waals surface area contributed by atoms with Crippen molar-refractivity contribution in [3.05, 3.63) is 58.4 Å². The molecule has 3 heteroatoms. The van der Waals surface area contributed by atoms with Crippen molar-refractivity contribution < 1.29 is 4.39 Å². The van der Waals surface area contributed by atoms with Gasteiger partial charge in [-0.15, -0.1) is 0 Å². The van der Waals surface area contributed by atoms with Crippen LogP contribution in [0.1, 0.15) is 11.1 Å². The third-order valence-electron chi connectivity index (χ3n) is 2.85. The van der Waals surface area contributed by atoms with E-state index in [-0.39, 0.29) is 5.82 Å². The summed E-state index contributed by atoms with van der Waals surface area (Å²) in [5.41, 5.74) is 8.83. The summed E-state index contributed by atoms with van der Waals surface area (Å²) in [5.74, 6) is -0.207. The standard InChI is InChI=1S/C14H13ClFN/c1-9-12(3-2-4-14(9)16)10-5-6-11(8-17)13(15)7-10/h2-7H,8,17H2,1H3. The first-order valence-electron chi connectivity index (χ1n) is 5.37. The van der Waals surface area contributed by atoms with Gasteiger partial charge in [-0.1, -0.05) is 35.9 Å². The highest BCUT2D eigenvalue weighted by molar-refractivity contribution is 6.31. The Hall–Kier alpha value is -1.38. The van der Waals surface area contributed by atoms with E-state index in [2.05, 4.69) is 0 Å². The molecule has 0 radical (unpaired) electrons. The van der Waals surface area contributed by atoms with Gasteiger partial charge in [0.2, 0.25) is 0 Å². The molecule has 0 saturated carbocycles. The van der Waals surface area contributed by atoms with Crippen LogP contribution in [0.2, 0.25) is 5.02 Å². The molecule has 0 bridgehead atoms. The Balaban J connectivity index is 2.54. The molecular formula is C14H13ClFN. The van der Waals surface area contributed by atoms with E-state index in [0.717, 1.165) is 16.7 Å². The van der Waals surface area contributed by atoms with Gasteiger partial charge in [0, 0.05) is 11.6 Å². The van der Waals surface area contributed by atoms with Crippen LogP contribution in [0.15, 0.2) is 36.4 Å². The Morgan fingerprint density at radius 3 is 2.65 bits per heavy atom. The van der Waals surface area contributed by atoms with Crippen molar-refractivity contribution in [2.75, 3.05) is 0 Å². The summed E-state index contributed by atoms with van der Waals surface area (Å²) in [5, 5.41) is 0.619. The summed E-state index contributed by atoms with van der Waals surface area (Å²) in [4.78, 5) is 0. The Labute approximate surface area is 105 Å². The number of benzene rings is 2. The van der Waals surface area contributed by atoms with E-state index in [1.54, 1.807) is 13.0 Å². The van der Waals surface area contributed by atoms with E-state index in [0.29, 0.717) is 17.1 Å². The van der Waals surface area contributed by atoms with Crippen molar-refractivity contribution in [3.63, 3.8) is 0 Å². The zero-order chi connectivity index (χ0) is 12.4. The number of hydrogen-bond acceptors (Lipinski definition) is 1. The first-order chi connectivity index (χ1) is 8.13. The number of halogens is 2. The molecular weight excluding hydrogens is 237 g/mol. The first kappa shape index (κ1) is 12.1. The van der Waals surface area contributed by atoms with Crippen LogP contribution >= 0.6 is 11.6 Å². The lowest BCUT2D eigenvalue weighted by Gasteiger charge is -2.09. The van der Waals surface area contributed by atoms with E-state index in [1.807, 2.05) is 24.3 Å². The highest BCUT2D eigenvalue weighted by Gasteiger charge is 2.07. The smallest absolute Gasteiger partial charge is 0.126 e. The molecule has 2 rings (SSSR count). The average molecular weight is 250 g/mol. The van der Waals surface area contributed by atoms with Gasteiger partial charge in [0.1, 0.15) is 5.82 Å². The lowest BCUT2D eigenvalue weighted by atomic mass is 9.99. The Kier molecular flexibility index (Phi) is 3.46. The minimum atomic E-state index is -0.207. The van der Waals surface area contributed by atoms with Gasteiger partial charge in [0.15, 0.2) is 0 Å². The number of nitrogens with two attached hydrogens (primary N) is 1. The molecule has 0 aliphatic rings. The molecule has 0 fully saturated rings. The monoisotopic (exact) mass is 249 g/mol. The number of rotatable bonds is 2. The SMILES string of the molecule is Cc1c(F)cccc1-c1ccc(CN)c(Cl)c1. The minimum absolute atomic E-state index is 0.207. The lowest BCUT2D eigenvalue weighted by Crippen LogP contribution is -1.97. The zero-order valence-electron chi connectivity index (χ0n) is 9.50. The van der Waals surface area contributed by atoms with Crippen molar-refractivity contribution in [2.45, 2.75) is 13.5 Å². The summed E-state index contributed by atoms with van der Waals surface area (Å²) in [7, 11) is 0. The maximum atomic E-state index is 13.5. The van der Waals surface area contributed by atoms with Crippen molar-refractivity contribution in [1.82, 2.24) is 0 Å². The van der Waals surface area contributed by atoms with Gasteiger partial charge in [0.25, 0.3) is 0 Å². The van der Waals surface area contributed by atoms with E-state index in [4.69, 9.17) is 17.3 Å². The first-order valence-corrected chi connectivity index (χ1v) is 5.75. The molecule has 17 heavy (non-hydrogen) atoms. The van der Waals surface area contributed by atoms with Crippen LogP contribution in [0.5, 0.6) is 0 Å². The highest BCUT2D eigenvalue weighted by atomic mass is 35.5. The summed E-state index contributed by atoms with van der Waals surface area (Å²) in [6.45, 7) is 2.16. The summed E-state index contributed by atoms with van der Waals surface area (Å²) < 4.78 is 13.5. The van der Waals surface area contributed by atoms with Gasteiger partial charge in [-0.25, -0.2) is 4.39 Å². The van der Waals surface area contributed by atoms with Gasteiger partial charge >= 0.3 is 0 Å². The molecule has 0 atom stereocenters.